The van der Waals surface area contributed by atoms with Gasteiger partial charge in [0.1, 0.15) is 0 Å². The van der Waals surface area contributed by atoms with Crippen LogP contribution in [0.4, 0.5) is 0 Å². The third kappa shape index (κ3) is 2.64. The first-order valence-electron chi connectivity index (χ1n) is 3.91. The minimum absolute atomic E-state index is 0.183. The van der Waals surface area contributed by atoms with Crippen LogP contribution in [0.25, 0.3) is 0 Å². The summed E-state index contributed by atoms with van der Waals surface area (Å²) in [6.45, 7) is 4.90. The van der Waals surface area contributed by atoms with Crippen LogP contribution in [0, 0.1) is 0 Å². The van der Waals surface area contributed by atoms with Crippen LogP contribution in [-0.2, 0) is 0 Å². The van der Waals surface area contributed by atoms with Gasteiger partial charge < -0.3 is 15.7 Å². The van der Waals surface area contributed by atoms with Crippen LogP contribution in [0.15, 0.2) is 0 Å². The minimum Gasteiger partial charge on any atom is -0.393 e. The smallest absolute Gasteiger partial charge is 0.0527 e. The second-order valence-electron chi connectivity index (χ2n) is 2.94. The molecule has 0 bridgehead atoms. The van der Waals surface area contributed by atoms with Gasteiger partial charge in [0.15, 0.2) is 0 Å². The van der Waals surface area contributed by atoms with Gasteiger partial charge in [-0.15, -0.1) is 0 Å². The zero-order valence-corrected chi connectivity index (χ0v) is 6.43. The van der Waals surface area contributed by atoms with Gasteiger partial charge in [0.25, 0.3) is 0 Å². The zero-order chi connectivity index (χ0) is 7.40. The van der Waals surface area contributed by atoms with E-state index in [0.717, 1.165) is 26.1 Å². The maximum atomic E-state index is 9.04. The molecule has 3 N–H and O–H groups in total. The van der Waals surface area contributed by atoms with E-state index >= 15 is 0 Å². The maximum Gasteiger partial charge on any atom is 0.0527 e. The van der Waals surface area contributed by atoms with Crippen molar-refractivity contribution in [2.45, 2.75) is 25.5 Å². The van der Waals surface area contributed by atoms with Gasteiger partial charge in [-0.25, -0.2) is 0 Å². The van der Waals surface area contributed by atoms with Gasteiger partial charge in [-0.3, -0.25) is 0 Å². The first-order chi connectivity index (χ1) is 4.79. The molecule has 1 fully saturated rings. The lowest BCUT2D eigenvalue weighted by Crippen LogP contribution is -2.49. The molecule has 10 heavy (non-hydrogen) atoms. The van der Waals surface area contributed by atoms with Crippen LogP contribution < -0.4 is 10.6 Å². The topological polar surface area (TPSA) is 44.3 Å². The minimum atomic E-state index is -0.183. The van der Waals surface area contributed by atoms with Gasteiger partial charge in [-0.1, -0.05) is 0 Å². The second-order valence-corrected chi connectivity index (χ2v) is 2.94. The monoisotopic (exact) mass is 144 g/mol. The molecule has 1 saturated heterocycles. The number of hydrogen-bond acceptors (Lipinski definition) is 3. The molecule has 0 aromatic rings. The number of piperazine rings is 1. The molecule has 1 aliphatic rings. The van der Waals surface area contributed by atoms with E-state index in [9.17, 15) is 0 Å². The average molecular weight is 144 g/mol. The van der Waals surface area contributed by atoms with Crippen LogP contribution in [-0.4, -0.2) is 36.9 Å². The number of aliphatic hydroxyl groups is 1. The van der Waals surface area contributed by atoms with Crippen LogP contribution >= 0.6 is 0 Å². The summed E-state index contributed by atoms with van der Waals surface area (Å²) >= 11 is 0. The molecule has 0 radical (unpaired) electrons. The molecule has 3 heteroatoms. The molecule has 2 unspecified atom stereocenters. The summed E-state index contributed by atoms with van der Waals surface area (Å²) in [4.78, 5) is 0. The van der Waals surface area contributed by atoms with E-state index < -0.39 is 0 Å². The van der Waals surface area contributed by atoms with E-state index in [1.807, 2.05) is 6.92 Å². The number of aliphatic hydroxyl groups excluding tert-OH is 1. The molecule has 60 valence electrons. The fourth-order valence-corrected chi connectivity index (χ4v) is 1.29. The summed E-state index contributed by atoms with van der Waals surface area (Å²) in [5.41, 5.74) is 0. The van der Waals surface area contributed by atoms with Crippen molar-refractivity contribution in [3.8, 4) is 0 Å². The molecule has 1 aliphatic heterocycles. The molecular weight excluding hydrogens is 128 g/mol. The largest absolute Gasteiger partial charge is 0.393 e. The van der Waals surface area contributed by atoms with Gasteiger partial charge in [0, 0.05) is 25.7 Å². The average Bonchev–Trinajstić information content (AvgIpc) is 1.88. The Morgan fingerprint density at radius 1 is 1.60 bits per heavy atom. The SMILES string of the molecule is CC(O)CC1CNCCN1. The Morgan fingerprint density at radius 3 is 2.90 bits per heavy atom. The molecule has 0 spiro atoms. The molecule has 2 atom stereocenters. The van der Waals surface area contributed by atoms with Gasteiger partial charge in [-0.05, 0) is 13.3 Å². The van der Waals surface area contributed by atoms with Crippen LogP contribution in [0.3, 0.4) is 0 Å². The molecular formula is C7H16N2O. The Morgan fingerprint density at radius 2 is 2.40 bits per heavy atom. The second kappa shape index (κ2) is 3.91. The van der Waals surface area contributed by atoms with Crippen molar-refractivity contribution in [3.63, 3.8) is 0 Å². The van der Waals surface area contributed by atoms with Gasteiger partial charge in [0.2, 0.25) is 0 Å². The summed E-state index contributed by atoms with van der Waals surface area (Å²) < 4.78 is 0. The van der Waals surface area contributed by atoms with Crippen molar-refractivity contribution in [2.24, 2.45) is 0 Å². The molecule has 0 aliphatic carbocycles. The Bertz CT molecular complexity index is 89.6. The third-order valence-corrected chi connectivity index (χ3v) is 1.75. The van der Waals surface area contributed by atoms with Gasteiger partial charge >= 0.3 is 0 Å². The van der Waals surface area contributed by atoms with Gasteiger partial charge in [0.05, 0.1) is 6.10 Å². The highest BCUT2D eigenvalue weighted by Gasteiger charge is 2.13. The third-order valence-electron chi connectivity index (χ3n) is 1.75. The molecule has 1 heterocycles. The maximum absolute atomic E-state index is 9.04. The number of rotatable bonds is 2. The summed E-state index contributed by atoms with van der Waals surface area (Å²) in [6, 6.07) is 0.466. The summed E-state index contributed by atoms with van der Waals surface area (Å²) in [7, 11) is 0. The lowest BCUT2D eigenvalue weighted by Gasteiger charge is -2.25. The molecule has 3 nitrogen and oxygen atoms in total. The summed E-state index contributed by atoms with van der Waals surface area (Å²) in [5.74, 6) is 0. The highest BCUT2D eigenvalue weighted by atomic mass is 16.3. The highest BCUT2D eigenvalue weighted by molar-refractivity contribution is 4.76. The van der Waals surface area contributed by atoms with Crippen LogP contribution in [0.2, 0.25) is 0 Å². The van der Waals surface area contributed by atoms with Crippen molar-refractivity contribution >= 4 is 0 Å². The molecule has 0 aromatic heterocycles. The van der Waals surface area contributed by atoms with Crippen molar-refractivity contribution in [1.29, 1.82) is 0 Å². The van der Waals surface area contributed by atoms with E-state index in [-0.39, 0.29) is 6.10 Å². The first kappa shape index (κ1) is 7.98. The standard InChI is InChI=1S/C7H16N2O/c1-6(10)4-7-5-8-2-3-9-7/h6-10H,2-5H2,1H3. The fourth-order valence-electron chi connectivity index (χ4n) is 1.29. The molecule has 0 aromatic carbocycles. The van der Waals surface area contributed by atoms with E-state index in [0.29, 0.717) is 6.04 Å². The van der Waals surface area contributed by atoms with Crippen LogP contribution in [0.1, 0.15) is 13.3 Å². The molecule has 0 amide bonds. The van der Waals surface area contributed by atoms with Crippen molar-refractivity contribution < 1.29 is 5.11 Å². The lowest BCUT2D eigenvalue weighted by molar-refractivity contribution is 0.163. The lowest BCUT2D eigenvalue weighted by atomic mass is 10.1. The number of hydrogen-bond donors (Lipinski definition) is 3. The van der Waals surface area contributed by atoms with E-state index in [1.165, 1.54) is 0 Å². The molecule has 0 saturated carbocycles. The Balaban J connectivity index is 2.13. The predicted molar refractivity (Wildman–Crippen MR) is 41.0 cm³/mol. The Kier molecular flexibility index (Phi) is 3.12. The normalized spacial score (nSPS) is 30.0. The summed E-state index contributed by atoms with van der Waals surface area (Å²) in [5, 5.41) is 15.6. The predicted octanol–water partition coefficient (Wildman–Crippen LogP) is -0.681. The Hall–Kier alpha value is -0.120. The van der Waals surface area contributed by atoms with E-state index in [2.05, 4.69) is 10.6 Å². The van der Waals surface area contributed by atoms with Crippen molar-refractivity contribution in [3.05, 3.63) is 0 Å². The molecule has 1 rings (SSSR count). The zero-order valence-electron chi connectivity index (χ0n) is 6.43. The number of nitrogens with one attached hydrogen (secondary N) is 2. The van der Waals surface area contributed by atoms with Gasteiger partial charge in [-0.2, -0.15) is 0 Å². The summed E-state index contributed by atoms with van der Waals surface area (Å²) in [6.07, 6.45) is 0.671. The van der Waals surface area contributed by atoms with Crippen molar-refractivity contribution in [2.75, 3.05) is 19.6 Å². The first-order valence-corrected chi connectivity index (χ1v) is 3.91. The Labute approximate surface area is 61.8 Å². The van der Waals surface area contributed by atoms with Crippen LogP contribution in [0.5, 0.6) is 0 Å². The highest BCUT2D eigenvalue weighted by Crippen LogP contribution is 1.97. The van der Waals surface area contributed by atoms with E-state index in [1.54, 1.807) is 0 Å². The fraction of sp³-hybridized carbons (Fsp3) is 1.00. The quantitative estimate of drug-likeness (QED) is 0.481. The van der Waals surface area contributed by atoms with E-state index in [4.69, 9.17) is 5.11 Å². The van der Waals surface area contributed by atoms with Crippen molar-refractivity contribution in [1.82, 2.24) is 10.6 Å².